The predicted molar refractivity (Wildman–Crippen MR) is 494 cm³/mol. The minimum Gasteiger partial charge on any atom is -0.496 e. The highest BCUT2D eigenvalue weighted by Crippen LogP contribution is 2.39. The monoisotopic (exact) mass is 1670 g/mol. The Morgan fingerprint density at radius 3 is 1.27 bits per heavy atom. The molecule has 0 fully saturated rings. The molecule has 123 heavy (non-hydrogen) atoms. The van der Waals surface area contributed by atoms with Crippen LogP contribution in [-0.2, 0) is 17.8 Å². The minimum absolute atomic E-state index is 0.635. The van der Waals surface area contributed by atoms with Crippen LogP contribution in [0.3, 0.4) is 0 Å². The average Bonchev–Trinajstić information content (AvgIpc) is 1.77. The van der Waals surface area contributed by atoms with Gasteiger partial charge >= 0.3 is 0 Å². The van der Waals surface area contributed by atoms with E-state index in [-0.39, 0.29) is 0 Å². The topological polar surface area (TPSA) is 261 Å². The molecule has 7 aromatic heterocycles. The number of halogens is 2. The Kier molecular flexibility index (Phi) is 29.4. The molecule has 0 aliphatic heterocycles. The second-order valence-electron chi connectivity index (χ2n) is 27.6. The molecule has 0 unspecified atom stereocenters. The van der Waals surface area contributed by atoms with E-state index in [4.69, 9.17) is 51.6 Å². The van der Waals surface area contributed by atoms with Gasteiger partial charge < -0.3 is 44.4 Å². The lowest BCUT2D eigenvalue weighted by atomic mass is 10.1. The van der Waals surface area contributed by atoms with Crippen LogP contribution in [-0.4, -0.2) is 110 Å². The number of ether oxygens (including phenoxy) is 6. The molecule has 0 saturated carbocycles. The van der Waals surface area contributed by atoms with E-state index in [1.54, 1.807) is 60.2 Å². The third-order valence-corrected chi connectivity index (χ3v) is 20.0. The molecular formula is C100H89Cl2N15O6. The molecule has 614 valence electrons. The number of methoxy groups -OCH3 is 5. The number of rotatable bonds is 26. The third kappa shape index (κ3) is 22.8. The molecule has 0 atom stereocenters. The van der Waals surface area contributed by atoms with Crippen molar-refractivity contribution in [1.29, 1.82) is 0 Å². The van der Waals surface area contributed by atoms with Gasteiger partial charge in [-0.2, -0.15) is 25.5 Å². The van der Waals surface area contributed by atoms with Gasteiger partial charge in [-0.1, -0.05) is 205 Å². The number of aromatic amines is 5. The van der Waals surface area contributed by atoms with Gasteiger partial charge in [0.25, 0.3) is 0 Å². The van der Waals surface area contributed by atoms with Crippen LogP contribution in [0.15, 0.2) is 352 Å². The minimum atomic E-state index is 0.635. The first-order valence-electron chi connectivity index (χ1n) is 39.5. The maximum atomic E-state index is 6.20. The molecule has 0 aliphatic carbocycles. The Balaban J connectivity index is 0.000000126. The summed E-state index contributed by atoms with van der Waals surface area (Å²) in [6.07, 6.45) is 5.33. The van der Waals surface area contributed by atoms with E-state index in [0.29, 0.717) is 22.4 Å². The smallest absolute Gasteiger partial charge is 0.136 e. The van der Waals surface area contributed by atoms with Crippen molar-refractivity contribution in [2.45, 2.75) is 13.1 Å². The molecule has 0 spiro atoms. The molecule has 0 saturated heterocycles. The van der Waals surface area contributed by atoms with Gasteiger partial charge in [-0.05, 0) is 157 Å². The van der Waals surface area contributed by atoms with E-state index in [0.717, 1.165) is 178 Å². The normalized spacial score (nSPS) is 10.6. The van der Waals surface area contributed by atoms with Gasteiger partial charge in [-0.15, -0.1) is 0 Å². The molecule has 23 heteroatoms. The summed E-state index contributed by atoms with van der Waals surface area (Å²) in [6.45, 7) is 2.91. The number of anilines is 3. The quantitative estimate of drug-likeness (QED) is 0.0234. The first kappa shape index (κ1) is 84.2. The fraction of sp³-hybridized carbons (Fsp3) is 0.0900. The maximum absolute atomic E-state index is 6.20. The van der Waals surface area contributed by atoms with Crippen LogP contribution >= 0.6 is 23.2 Å². The Labute approximate surface area is 723 Å². The highest BCUT2D eigenvalue weighted by Gasteiger charge is 2.18. The van der Waals surface area contributed by atoms with Gasteiger partial charge in [0.1, 0.15) is 40.3 Å². The fourth-order valence-electron chi connectivity index (χ4n) is 13.2. The lowest BCUT2D eigenvalue weighted by Gasteiger charge is -2.11. The highest BCUT2D eigenvalue weighted by molar-refractivity contribution is 6.33. The van der Waals surface area contributed by atoms with Crippen LogP contribution in [0.4, 0.5) is 17.2 Å². The number of H-pyrrole nitrogens is 5. The van der Waals surface area contributed by atoms with Crippen LogP contribution in [0.25, 0.3) is 113 Å². The number of hydrogen-bond donors (Lipinski definition) is 8. The summed E-state index contributed by atoms with van der Waals surface area (Å²) in [5.41, 5.74) is 23.2. The summed E-state index contributed by atoms with van der Waals surface area (Å²) in [4.78, 5) is 8.53. The predicted octanol–water partition coefficient (Wildman–Crippen LogP) is 23.9. The van der Waals surface area contributed by atoms with Crippen molar-refractivity contribution in [2.24, 2.45) is 0 Å². The number of pyridine rings is 2. The van der Waals surface area contributed by atoms with Crippen molar-refractivity contribution in [2.75, 3.05) is 64.7 Å². The van der Waals surface area contributed by atoms with Crippen molar-refractivity contribution in [3.63, 3.8) is 0 Å². The molecule has 21 nitrogen and oxygen atoms in total. The van der Waals surface area contributed by atoms with Crippen molar-refractivity contribution in [1.82, 2.24) is 61.0 Å². The standard InChI is InChI=1S/2C23H21N3O.C20H14ClN3O.C18H20N4O2.C16H13ClN2O/c1-27-23-13-12-19(24-16-17-8-4-2-5-9-17)14-20(23)22-15-21(25-26-22)18-10-6-3-7-11-18;1-27-23-14-19(24-16-17-8-4-2-5-9-17)12-13-20(23)22-15-21(25-26-22)18-10-6-3-7-11-18;21-15-6-3-7-16(11-15)25-20-9-2-1-8-17(20)19-12-18(23-24-19)14-5-4-10-22-13-14;1-23-10-9-19-18-8-7-13(12-20-18)15-11-16(22-21-15)14-5-3-4-6-17(14)24-2;1-20-16-9-5-3-7-12(16)15-10-14(18-19-15)11-6-2-4-8-13(11)17/h2*2-15,24H,16H2,1H3,(H,25,26);1-13H,(H,23,24);3-8,11-12H,9-10H2,1-2H3,(H,19,20)(H,21,22);2-10H,1H3,(H,18,19). The summed E-state index contributed by atoms with van der Waals surface area (Å²) < 4.78 is 33.0. The van der Waals surface area contributed by atoms with Gasteiger partial charge in [-0.25, -0.2) is 4.98 Å². The van der Waals surface area contributed by atoms with Crippen LogP contribution in [0.1, 0.15) is 11.1 Å². The Morgan fingerprint density at radius 1 is 0.309 bits per heavy atom. The average molecular weight is 1670 g/mol. The van der Waals surface area contributed by atoms with E-state index in [1.807, 2.05) is 273 Å². The van der Waals surface area contributed by atoms with Crippen molar-refractivity contribution in [3.8, 4) is 147 Å². The van der Waals surface area contributed by atoms with Gasteiger partial charge in [0.05, 0.1) is 92.0 Å². The number of benzene rings is 11. The van der Waals surface area contributed by atoms with E-state index >= 15 is 0 Å². The second kappa shape index (κ2) is 42.9. The van der Waals surface area contributed by atoms with E-state index in [2.05, 4.69) is 132 Å². The zero-order valence-corrected chi connectivity index (χ0v) is 69.7. The van der Waals surface area contributed by atoms with Gasteiger partial charge in [0.15, 0.2) is 0 Å². The highest BCUT2D eigenvalue weighted by atomic mass is 35.5. The number of aromatic nitrogens is 12. The van der Waals surface area contributed by atoms with Crippen molar-refractivity contribution < 1.29 is 28.4 Å². The molecular weight excluding hydrogens is 1580 g/mol. The zero-order chi connectivity index (χ0) is 84.7. The zero-order valence-electron chi connectivity index (χ0n) is 68.2. The van der Waals surface area contributed by atoms with Gasteiger partial charge in [0.2, 0.25) is 0 Å². The lowest BCUT2D eigenvalue weighted by molar-refractivity contribution is 0.210. The molecule has 18 aromatic rings. The Bertz CT molecular complexity index is 6310. The summed E-state index contributed by atoms with van der Waals surface area (Å²) >= 11 is 12.2. The third-order valence-electron chi connectivity index (χ3n) is 19.5. The molecule has 8 N–H and O–H groups in total. The Morgan fingerprint density at radius 2 is 0.740 bits per heavy atom. The van der Waals surface area contributed by atoms with E-state index in [9.17, 15) is 0 Å². The van der Waals surface area contributed by atoms with Gasteiger partial charge in [0, 0.05) is 128 Å². The van der Waals surface area contributed by atoms with Crippen LogP contribution in [0.5, 0.6) is 34.5 Å². The van der Waals surface area contributed by atoms with Crippen LogP contribution in [0, 0.1) is 0 Å². The van der Waals surface area contributed by atoms with Gasteiger partial charge in [-0.3, -0.25) is 30.5 Å². The molecule has 11 aromatic carbocycles. The van der Waals surface area contributed by atoms with Crippen LogP contribution in [0.2, 0.25) is 10.0 Å². The fourth-order valence-corrected chi connectivity index (χ4v) is 13.6. The first-order chi connectivity index (χ1) is 60.6. The molecule has 0 radical (unpaired) electrons. The molecule has 18 rings (SSSR count). The summed E-state index contributed by atoms with van der Waals surface area (Å²) in [5, 5.41) is 48.9. The molecule has 0 aliphatic rings. The number of para-hydroxylation sites is 3. The SMILES string of the molecule is COCCNc1ccc(-c2cc(-c3ccccc3OC)[nH]n2)cn1.COc1cc(NCc2ccccc2)ccc1-c1cc(-c2ccccc2)n[nH]1.COc1ccc(NCc2ccccc2)cc1-c1cc(-c2ccccc2)n[nH]1.COc1ccccc1-c1cc(-c2ccccc2Cl)[nH]n1.Clc1cccc(Oc2ccccc2-c2cc(-c3cccnc3)n[nH]2)c1. The van der Waals surface area contributed by atoms with E-state index in [1.165, 1.54) is 11.1 Å². The summed E-state index contributed by atoms with van der Waals surface area (Å²) in [6, 6.07) is 109. The molecule has 7 heterocycles. The summed E-state index contributed by atoms with van der Waals surface area (Å²) in [7, 11) is 8.36. The molecule has 0 amide bonds. The van der Waals surface area contributed by atoms with Crippen molar-refractivity contribution in [3.05, 3.63) is 373 Å². The Hall–Kier alpha value is -15.3. The first-order valence-corrected chi connectivity index (χ1v) is 40.3. The largest absolute Gasteiger partial charge is 0.496 e. The summed E-state index contributed by atoms with van der Waals surface area (Å²) in [5.74, 6) is 5.45. The van der Waals surface area contributed by atoms with Crippen molar-refractivity contribution >= 4 is 40.4 Å². The maximum Gasteiger partial charge on any atom is 0.136 e. The second-order valence-corrected chi connectivity index (χ2v) is 28.4. The number of nitrogens with one attached hydrogen (secondary N) is 8. The number of nitrogens with zero attached hydrogens (tertiary/aromatic N) is 7. The lowest BCUT2D eigenvalue weighted by Crippen LogP contribution is -2.08. The number of hydrogen-bond acceptors (Lipinski definition) is 16. The molecule has 0 bridgehead atoms. The van der Waals surface area contributed by atoms with Crippen LogP contribution < -0.4 is 39.6 Å². The van der Waals surface area contributed by atoms with E-state index < -0.39 is 0 Å².